The Labute approximate surface area is 97.5 Å². The molecule has 0 fully saturated rings. The highest BCUT2D eigenvalue weighted by atomic mass is 32.1. The third-order valence-electron chi connectivity index (χ3n) is 2.53. The first-order valence-corrected chi connectivity index (χ1v) is 6.11. The summed E-state index contributed by atoms with van der Waals surface area (Å²) in [6.45, 7) is 2.64. The monoisotopic (exact) mass is 229 g/mol. The predicted octanol–water partition coefficient (Wildman–Crippen LogP) is 3.85. The van der Waals surface area contributed by atoms with Crippen molar-refractivity contribution in [1.29, 1.82) is 0 Å². The standard InChI is InChI=1S/C13H11NOS/c1-2-15-13-14-11-8-7-9-5-3-4-6-10(9)12(11)16-13/h3-8H,2H2,1H3. The summed E-state index contributed by atoms with van der Waals surface area (Å²) in [6, 6.07) is 12.5. The zero-order valence-corrected chi connectivity index (χ0v) is 9.75. The van der Waals surface area contributed by atoms with Gasteiger partial charge in [0.15, 0.2) is 0 Å². The van der Waals surface area contributed by atoms with Crippen molar-refractivity contribution in [2.24, 2.45) is 0 Å². The van der Waals surface area contributed by atoms with Gasteiger partial charge < -0.3 is 4.74 Å². The fourth-order valence-electron chi connectivity index (χ4n) is 1.82. The van der Waals surface area contributed by atoms with E-state index in [9.17, 15) is 0 Å². The molecule has 16 heavy (non-hydrogen) atoms. The average molecular weight is 229 g/mol. The van der Waals surface area contributed by atoms with Gasteiger partial charge in [-0.3, -0.25) is 0 Å². The quantitative estimate of drug-likeness (QED) is 0.666. The van der Waals surface area contributed by atoms with Crippen LogP contribution >= 0.6 is 11.3 Å². The largest absolute Gasteiger partial charge is 0.470 e. The highest BCUT2D eigenvalue weighted by Crippen LogP contribution is 2.33. The van der Waals surface area contributed by atoms with Crippen molar-refractivity contribution in [2.75, 3.05) is 6.61 Å². The van der Waals surface area contributed by atoms with E-state index in [1.54, 1.807) is 11.3 Å². The van der Waals surface area contributed by atoms with Crippen LogP contribution in [0.3, 0.4) is 0 Å². The van der Waals surface area contributed by atoms with Crippen molar-refractivity contribution < 1.29 is 4.74 Å². The topological polar surface area (TPSA) is 22.1 Å². The Morgan fingerprint density at radius 1 is 1.19 bits per heavy atom. The van der Waals surface area contributed by atoms with Gasteiger partial charge in [0.05, 0.1) is 16.8 Å². The molecule has 0 amide bonds. The van der Waals surface area contributed by atoms with Gasteiger partial charge in [0.2, 0.25) is 0 Å². The van der Waals surface area contributed by atoms with Crippen LogP contribution in [-0.4, -0.2) is 11.6 Å². The van der Waals surface area contributed by atoms with Crippen molar-refractivity contribution in [2.45, 2.75) is 6.92 Å². The summed E-state index contributed by atoms with van der Waals surface area (Å²) in [6.07, 6.45) is 0. The second-order valence-corrected chi connectivity index (χ2v) is 4.51. The fraction of sp³-hybridized carbons (Fsp3) is 0.154. The molecule has 2 nitrogen and oxygen atoms in total. The molecule has 0 radical (unpaired) electrons. The van der Waals surface area contributed by atoms with Crippen molar-refractivity contribution in [1.82, 2.24) is 4.98 Å². The molecule has 0 bridgehead atoms. The first-order valence-electron chi connectivity index (χ1n) is 5.29. The number of fused-ring (bicyclic) bond motifs is 3. The van der Waals surface area contributed by atoms with Gasteiger partial charge in [-0.25, -0.2) is 4.98 Å². The van der Waals surface area contributed by atoms with Gasteiger partial charge in [-0.15, -0.1) is 0 Å². The van der Waals surface area contributed by atoms with Crippen LogP contribution in [0.5, 0.6) is 5.19 Å². The Morgan fingerprint density at radius 3 is 2.94 bits per heavy atom. The van der Waals surface area contributed by atoms with E-state index in [0.29, 0.717) is 6.61 Å². The summed E-state index contributed by atoms with van der Waals surface area (Å²) in [7, 11) is 0. The van der Waals surface area contributed by atoms with Gasteiger partial charge in [0.25, 0.3) is 5.19 Å². The summed E-state index contributed by atoms with van der Waals surface area (Å²) in [5.74, 6) is 0. The molecule has 0 aliphatic carbocycles. The smallest absolute Gasteiger partial charge is 0.274 e. The first kappa shape index (κ1) is 9.60. The number of ether oxygens (including phenoxy) is 1. The van der Waals surface area contributed by atoms with E-state index in [-0.39, 0.29) is 0 Å². The Kier molecular flexibility index (Phi) is 2.26. The maximum atomic E-state index is 5.45. The lowest BCUT2D eigenvalue weighted by Crippen LogP contribution is -1.88. The number of nitrogens with zero attached hydrogens (tertiary/aromatic N) is 1. The molecule has 1 heterocycles. The Hall–Kier alpha value is -1.61. The van der Waals surface area contributed by atoms with E-state index in [2.05, 4.69) is 41.4 Å². The number of hydrogen-bond acceptors (Lipinski definition) is 3. The normalized spacial score (nSPS) is 11.1. The van der Waals surface area contributed by atoms with Crippen molar-refractivity contribution in [3.05, 3.63) is 36.4 Å². The van der Waals surface area contributed by atoms with Gasteiger partial charge in [0, 0.05) is 5.39 Å². The van der Waals surface area contributed by atoms with E-state index in [1.807, 2.05) is 6.92 Å². The third kappa shape index (κ3) is 1.44. The molecule has 0 saturated heterocycles. The molecule has 0 saturated carbocycles. The van der Waals surface area contributed by atoms with Gasteiger partial charge in [0.1, 0.15) is 0 Å². The van der Waals surface area contributed by atoms with Crippen LogP contribution in [0.2, 0.25) is 0 Å². The second-order valence-electron chi connectivity index (χ2n) is 3.55. The van der Waals surface area contributed by atoms with Crippen LogP contribution in [0.4, 0.5) is 0 Å². The molecule has 3 heteroatoms. The average Bonchev–Trinajstić information content (AvgIpc) is 2.72. The molecule has 0 spiro atoms. The number of hydrogen-bond donors (Lipinski definition) is 0. The van der Waals surface area contributed by atoms with E-state index >= 15 is 0 Å². The molecule has 0 unspecified atom stereocenters. The molecule has 2 aromatic carbocycles. The second kappa shape index (κ2) is 3.76. The zero-order valence-electron chi connectivity index (χ0n) is 8.93. The minimum atomic E-state index is 0.664. The molecule has 0 atom stereocenters. The minimum absolute atomic E-state index is 0.664. The molecule has 3 rings (SSSR count). The zero-order chi connectivity index (χ0) is 11.0. The molecule has 0 aliphatic heterocycles. The molecule has 0 aliphatic rings. The lowest BCUT2D eigenvalue weighted by molar-refractivity contribution is 0.339. The summed E-state index contributed by atoms with van der Waals surface area (Å²) in [4.78, 5) is 4.45. The van der Waals surface area contributed by atoms with Crippen LogP contribution in [0.15, 0.2) is 36.4 Å². The van der Waals surface area contributed by atoms with Crippen LogP contribution in [-0.2, 0) is 0 Å². The molecule has 0 N–H and O–H groups in total. The van der Waals surface area contributed by atoms with E-state index in [1.165, 1.54) is 15.5 Å². The van der Waals surface area contributed by atoms with E-state index in [0.717, 1.165) is 10.7 Å². The van der Waals surface area contributed by atoms with Crippen molar-refractivity contribution in [3.63, 3.8) is 0 Å². The lowest BCUT2D eigenvalue weighted by atomic mass is 10.1. The van der Waals surface area contributed by atoms with E-state index in [4.69, 9.17) is 4.74 Å². The van der Waals surface area contributed by atoms with Crippen LogP contribution in [0.1, 0.15) is 6.92 Å². The number of thiazole rings is 1. The van der Waals surface area contributed by atoms with Crippen molar-refractivity contribution in [3.8, 4) is 5.19 Å². The third-order valence-corrected chi connectivity index (χ3v) is 3.54. The minimum Gasteiger partial charge on any atom is -0.470 e. The summed E-state index contributed by atoms with van der Waals surface area (Å²) >= 11 is 1.62. The Balaban J connectivity index is 2.32. The molecular formula is C13H11NOS. The van der Waals surface area contributed by atoms with Gasteiger partial charge >= 0.3 is 0 Å². The summed E-state index contributed by atoms with van der Waals surface area (Å²) in [5, 5.41) is 3.26. The van der Waals surface area contributed by atoms with Crippen LogP contribution in [0.25, 0.3) is 21.0 Å². The Morgan fingerprint density at radius 2 is 2.06 bits per heavy atom. The van der Waals surface area contributed by atoms with Gasteiger partial charge in [-0.2, -0.15) is 0 Å². The lowest BCUT2D eigenvalue weighted by Gasteiger charge is -1.96. The van der Waals surface area contributed by atoms with Crippen molar-refractivity contribution >= 4 is 32.3 Å². The maximum Gasteiger partial charge on any atom is 0.274 e. The molecule has 1 aromatic heterocycles. The summed E-state index contributed by atoms with van der Waals surface area (Å²) in [5.41, 5.74) is 1.02. The fourth-order valence-corrected chi connectivity index (χ4v) is 2.83. The predicted molar refractivity (Wildman–Crippen MR) is 68.3 cm³/mol. The van der Waals surface area contributed by atoms with Gasteiger partial charge in [-0.1, -0.05) is 41.7 Å². The molecule has 3 aromatic rings. The van der Waals surface area contributed by atoms with Gasteiger partial charge in [-0.05, 0) is 18.4 Å². The number of aromatic nitrogens is 1. The molecule has 80 valence electrons. The first-order chi connectivity index (χ1) is 7.88. The van der Waals surface area contributed by atoms with Crippen LogP contribution in [0, 0.1) is 0 Å². The summed E-state index contributed by atoms with van der Waals surface area (Å²) < 4.78 is 6.66. The van der Waals surface area contributed by atoms with E-state index < -0.39 is 0 Å². The maximum absolute atomic E-state index is 5.45. The highest BCUT2D eigenvalue weighted by Gasteiger charge is 2.07. The van der Waals surface area contributed by atoms with Crippen LogP contribution < -0.4 is 4.74 Å². The number of benzene rings is 2. The molecular weight excluding hydrogens is 218 g/mol. The Bertz CT molecular complexity index is 645. The SMILES string of the molecule is CCOc1nc2ccc3ccccc3c2s1. The number of rotatable bonds is 2. The highest BCUT2D eigenvalue weighted by molar-refractivity contribution is 7.21.